The summed E-state index contributed by atoms with van der Waals surface area (Å²) >= 11 is 0. The zero-order chi connectivity index (χ0) is 17.4. The van der Waals surface area contributed by atoms with Crippen molar-refractivity contribution in [2.24, 2.45) is 7.05 Å². The van der Waals surface area contributed by atoms with Crippen LogP contribution in [-0.4, -0.2) is 30.7 Å². The first-order chi connectivity index (χ1) is 11.4. The first kappa shape index (κ1) is 15.8. The summed E-state index contributed by atoms with van der Waals surface area (Å²) in [5, 5.41) is 23.3. The van der Waals surface area contributed by atoms with E-state index in [4.69, 9.17) is 0 Å². The van der Waals surface area contributed by atoms with E-state index in [2.05, 4.69) is 15.3 Å². The molecule has 3 aromatic rings. The van der Waals surface area contributed by atoms with E-state index in [1.165, 1.54) is 18.5 Å². The maximum absolute atomic E-state index is 12.6. The summed E-state index contributed by atoms with van der Waals surface area (Å²) in [4.78, 5) is 20.8. The molecule has 0 aliphatic rings. The molecule has 0 unspecified atom stereocenters. The Labute approximate surface area is 138 Å². The zero-order valence-corrected chi connectivity index (χ0v) is 13.6. The average Bonchev–Trinajstić information content (AvgIpc) is 2.89. The van der Waals surface area contributed by atoms with Gasteiger partial charge in [0, 0.05) is 19.3 Å². The van der Waals surface area contributed by atoms with Gasteiger partial charge in [-0.05, 0) is 23.6 Å². The number of phenols is 2. The summed E-state index contributed by atoms with van der Waals surface area (Å²) in [5.74, 6) is -0.446. The maximum atomic E-state index is 12.6. The fraction of sp³-hybridized carbons (Fsp3) is 0.235. The highest BCUT2D eigenvalue weighted by Gasteiger charge is 2.18. The van der Waals surface area contributed by atoms with Crippen LogP contribution in [0.15, 0.2) is 30.7 Å². The molecule has 0 fully saturated rings. The Morgan fingerprint density at radius 3 is 2.67 bits per heavy atom. The van der Waals surface area contributed by atoms with Crippen molar-refractivity contribution in [3.8, 4) is 11.5 Å². The van der Waals surface area contributed by atoms with Crippen LogP contribution in [0.1, 0.15) is 35.7 Å². The lowest BCUT2D eigenvalue weighted by Crippen LogP contribution is -2.14. The van der Waals surface area contributed by atoms with Crippen LogP contribution in [0, 0.1) is 0 Å². The van der Waals surface area contributed by atoms with E-state index < -0.39 is 5.91 Å². The van der Waals surface area contributed by atoms with Gasteiger partial charge in [-0.3, -0.25) is 4.79 Å². The third-order valence-electron chi connectivity index (χ3n) is 3.91. The van der Waals surface area contributed by atoms with Crippen molar-refractivity contribution in [1.82, 2.24) is 14.5 Å². The number of phenolic OH excluding ortho intramolecular Hbond substituents is 2. The second kappa shape index (κ2) is 5.84. The molecule has 0 aliphatic carbocycles. The highest BCUT2D eigenvalue weighted by molar-refractivity contribution is 6.09. The van der Waals surface area contributed by atoms with E-state index in [0.717, 1.165) is 0 Å². The maximum Gasteiger partial charge on any atom is 0.260 e. The lowest BCUT2D eigenvalue weighted by molar-refractivity contribution is 0.102. The van der Waals surface area contributed by atoms with Crippen molar-refractivity contribution >= 4 is 22.8 Å². The normalized spacial score (nSPS) is 11.2. The molecule has 3 N–H and O–H groups in total. The SMILES string of the molecule is CC(C)c1cc(C(=O)Nc2ncnc3c2ccn3C)c(O)cc1O. The molecule has 3 rings (SSSR count). The number of benzene rings is 1. The highest BCUT2D eigenvalue weighted by Crippen LogP contribution is 2.32. The summed E-state index contributed by atoms with van der Waals surface area (Å²) < 4.78 is 1.82. The minimum atomic E-state index is -0.502. The predicted molar refractivity (Wildman–Crippen MR) is 90.3 cm³/mol. The predicted octanol–water partition coefficient (Wildman–Crippen LogP) is 2.76. The highest BCUT2D eigenvalue weighted by atomic mass is 16.3. The number of hydrogen-bond donors (Lipinski definition) is 3. The van der Waals surface area contributed by atoms with Gasteiger partial charge in [-0.2, -0.15) is 0 Å². The Kier molecular flexibility index (Phi) is 3.84. The number of amides is 1. The number of aromatic nitrogens is 3. The molecule has 0 radical (unpaired) electrons. The molecule has 0 atom stereocenters. The molecule has 1 amide bonds. The van der Waals surface area contributed by atoms with Crippen LogP contribution >= 0.6 is 0 Å². The summed E-state index contributed by atoms with van der Waals surface area (Å²) in [6.07, 6.45) is 3.19. The smallest absolute Gasteiger partial charge is 0.260 e. The van der Waals surface area contributed by atoms with Gasteiger partial charge in [0.15, 0.2) is 0 Å². The number of nitrogens with one attached hydrogen (secondary N) is 1. The van der Waals surface area contributed by atoms with Crippen LogP contribution in [0.2, 0.25) is 0 Å². The fourth-order valence-corrected chi connectivity index (χ4v) is 2.59. The Morgan fingerprint density at radius 1 is 1.21 bits per heavy atom. The third kappa shape index (κ3) is 2.64. The summed E-state index contributed by atoms with van der Waals surface area (Å²) in [6, 6.07) is 4.48. The average molecular weight is 326 g/mol. The Bertz CT molecular complexity index is 931. The number of aryl methyl sites for hydroxylation is 1. The van der Waals surface area contributed by atoms with Gasteiger partial charge in [-0.25, -0.2) is 9.97 Å². The quantitative estimate of drug-likeness (QED) is 0.687. The minimum Gasteiger partial charge on any atom is -0.508 e. The van der Waals surface area contributed by atoms with E-state index in [0.29, 0.717) is 22.4 Å². The number of carbonyl (C=O) groups excluding carboxylic acids is 1. The topological polar surface area (TPSA) is 100 Å². The van der Waals surface area contributed by atoms with Gasteiger partial charge in [0.25, 0.3) is 5.91 Å². The largest absolute Gasteiger partial charge is 0.508 e. The van der Waals surface area contributed by atoms with Gasteiger partial charge in [0.2, 0.25) is 0 Å². The fourth-order valence-electron chi connectivity index (χ4n) is 2.59. The Morgan fingerprint density at radius 2 is 1.96 bits per heavy atom. The van der Waals surface area contributed by atoms with Crippen molar-refractivity contribution < 1.29 is 15.0 Å². The van der Waals surface area contributed by atoms with Crippen LogP contribution in [0.5, 0.6) is 11.5 Å². The Balaban J connectivity index is 1.99. The summed E-state index contributed by atoms with van der Waals surface area (Å²) in [5.41, 5.74) is 1.36. The molecule has 0 aliphatic heterocycles. The summed E-state index contributed by atoms with van der Waals surface area (Å²) in [7, 11) is 1.85. The molecule has 0 bridgehead atoms. The van der Waals surface area contributed by atoms with Crippen LogP contribution in [-0.2, 0) is 7.05 Å². The third-order valence-corrected chi connectivity index (χ3v) is 3.91. The van der Waals surface area contributed by atoms with E-state index in [-0.39, 0.29) is 23.0 Å². The van der Waals surface area contributed by atoms with Crippen LogP contribution in [0.3, 0.4) is 0 Å². The molecule has 1 aromatic carbocycles. The number of aromatic hydroxyl groups is 2. The van der Waals surface area contributed by atoms with E-state index in [1.54, 1.807) is 6.07 Å². The zero-order valence-electron chi connectivity index (χ0n) is 13.6. The molecule has 0 spiro atoms. The first-order valence-electron chi connectivity index (χ1n) is 7.51. The Hall–Kier alpha value is -3.09. The molecule has 7 nitrogen and oxygen atoms in total. The monoisotopic (exact) mass is 326 g/mol. The number of hydrogen-bond acceptors (Lipinski definition) is 5. The second-order valence-electron chi connectivity index (χ2n) is 5.92. The van der Waals surface area contributed by atoms with Crippen molar-refractivity contribution in [3.05, 3.63) is 41.9 Å². The minimum absolute atomic E-state index is 0.0111. The van der Waals surface area contributed by atoms with Gasteiger partial charge in [-0.15, -0.1) is 0 Å². The molecule has 124 valence electrons. The second-order valence-corrected chi connectivity index (χ2v) is 5.92. The molecule has 7 heteroatoms. The van der Waals surface area contributed by atoms with Crippen LogP contribution in [0.25, 0.3) is 11.0 Å². The van der Waals surface area contributed by atoms with Gasteiger partial charge < -0.3 is 20.1 Å². The molecular formula is C17H18N4O3. The van der Waals surface area contributed by atoms with Gasteiger partial charge >= 0.3 is 0 Å². The molecule has 2 aromatic heterocycles. The summed E-state index contributed by atoms with van der Waals surface area (Å²) in [6.45, 7) is 3.79. The van der Waals surface area contributed by atoms with Crippen LogP contribution in [0.4, 0.5) is 5.82 Å². The van der Waals surface area contributed by atoms with E-state index in [1.807, 2.05) is 31.7 Å². The number of anilines is 1. The molecule has 2 heterocycles. The van der Waals surface area contributed by atoms with Gasteiger partial charge in [-0.1, -0.05) is 13.8 Å². The van der Waals surface area contributed by atoms with Crippen LogP contribution < -0.4 is 5.32 Å². The lowest BCUT2D eigenvalue weighted by atomic mass is 9.98. The number of fused-ring (bicyclic) bond motifs is 1. The van der Waals surface area contributed by atoms with E-state index in [9.17, 15) is 15.0 Å². The van der Waals surface area contributed by atoms with Crippen molar-refractivity contribution in [1.29, 1.82) is 0 Å². The van der Waals surface area contributed by atoms with Gasteiger partial charge in [0.1, 0.15) is 29.3 Å². The van der Waals surface area contributed by atoms with Crippen molar-refractivity contribution in [3.63, 3.8) is 0 Å². The lowest BCUT2D eigenvalue weighted by Gasteiger charge is -2.12. The van der Waals surface area contributed by atoms with Gasteiger partial charge in [0.05, 0.1) is 10.9 Å². The van der Waals surface area contributed by atoms with Crippen molar-refractivity contribution in [2.45, 2.75) is 19.8 Å². The number of rotatable bonds is 3. The molecular weight excluding hydrogens is 308 g/mol. The first-order valence-corrected chi connectivity index (χ1v) is 7.51. The molecule has 0 saturated carbocycles. The number of nitrogens with zero attached hydrogens (tertiary/aromatic N) is 3. The van der Waals surface area contributed by atoms with E-state index >= 15 is 0 Å². The molecule has 24 heavy (non-hydrogen) atoms. The standard InChI is InChI=1S/C17H18N4O3/c1-9(2)11-6-12(14(23)7-13(11)22)17(24)20-15-10-4-5-21(3)16(10)19-8-18-15/h4-9,22-23H,1-3H3,(H,18,19,20,24). The van der Waals surface area contributed by atoms with Crippen molar-refractivity contribution in [2.75, 3.05) is 5.32 Å². The molecule has 0 saturated heterocycles. The number of carbonyl (C=O) groups is 1.